The van der Waals surface area contributed by atoms with Crippen LogP contribution in [0.4, 0.5) is 4.79 Å². The molecule has 0 aromatic heterocycles. The van der Waals surface area contributed by atoms with E-state index in [2.05, 4.69) is 10.6 Å². The van der Waals surface area contributed by atoms with Crippen molar-refractivity contribution in [2.75, 3.05) is 19.6 Å². The first-order valence-corrected chi connectivity index (χ1v) is 7.98. The van der Waals surface area contributed by atoms with Crippen LogP contribution < -0.4 is 10.6 Å². The summed E-state index contributed by atoms with van der Waals surface area (Å²) in [7, 11) is 0. The number of likely N-dealkylation sites (tertiary alicyclic amines) is 1. The Hall–Kier alpha value is -1.30. The van der Waals surface area contributed by atoms with Gasteiger partial charge in [0.15, 0.2) is 0 Å². The predicted octanol–water partition coefficient (Wildman–Crippen LogP) is 1.89. The monoisotopic (exact) mass is 313 g/mol. The third kappa shape index (κ3) is 7.11. The minimum absolute atomic E-state index is 0.144. The van der Waals surface area contributed by atoms with Crippen LogP contribution in [-0.4, -0.2) is 53.7 Å². The molecule has 0 aliphatic carbocycles. The lowest BCUT2D eigenvalue weighted by Crippen LogP contribution is -2.54. The van der Waals surface area contributed by atoms with Gasteiger partial charge in [-0.15, -0.1) is 0 Å². The Balaban J connectivity index is 2.34. The third-order valence-corrected chi connectivity index (χ3v) is 3.61. The summed E-state index contributed by atoms with van der Waals surface area (Å²) in [5.41, 5.74) is -0.882. The van der Waals surface area contributed by atoms with E-state index < -0.39 is 11.7 Å². The van der Waals surface area contributed by atoms with E-state index in [0.717, 1.165) is 25.9 Å². The predicted molar refractivity (Wildman–Crippen MR) is 86.7 cm³/mol. The smallest absolute Gasteiger partial charge is 0.408 e. The van der Waals surface area contributed by atoms with E-state index >= 15 is 0 Å². The molecule has 22 heavy (non-hydrogen) atoms. The number of carbonyl (C=O) groups excluding carboxylic acids is 2. The minimum atomic E-state index is -0.493. The van der Waals surface area contributed by atoms with E-state index in [9.17, 15) is 9.59 Å². The highest BCUT2D eigenvalue weighted by Crippen LogP contribution is 2.12. The average molecular weight is 313 g/mol. The topological polar surface area (TPSA) is 70.7 Å². The summed E-state index contributed by atoms with van der Waals surface area (Å²) in [6.07, 6.45) is 1.50. The molecule has 0 bridgehead atoms. The van der Waals surface area contributed by atoms with E-state index in [-0.39, 0.29) is 11.4 Å². The van der Waals surface area contributed by atoms with Crippen LogP contribution in [0.1, 0.15) is 54.4 Å². The van der Waals surface area contributed by atoms with Crippen molar-refractivity contribution in [3.8, 4) is 0 Å². The lowest BCUT2D eigenvalue weighted by atomic mass is 10.0. The molecular formula is C16H31N3O3. The lowest BCUT2D eigenvalue weighted by Gasteiger charge is -2.35. The SMILES string of the molecule is CC(=O)N1CCC(NCC(C)(C)NC(=O)OC(C)(C)C)CC1. The highest BCUT2D eigenvalue weighted by molar-refractivity contribution is 5.73. The minimum Gasteiger partial charge on any atom is -0.444 e. The zero-order chi connectivity index (χ0) is 17.0. The summed E-state index contributed by atoms with van der Waals surface area (Å²) >= 11 is 0. The second kappa shape index (κ2) is 7.31. The average Bonchev–Trinajstić information content (AvgIpc) is 2.33. The molecule has 0 radical (unpaired) electrons. The first-order chi connectivity index (χ1) is 9.98. The van der Waals surface area contributed by atoms with Crippen LogP contribution in [0.3, 0.4) is 0 Å². The van der Waals surface area contributed by atoms with Crippen molar-refractivity contribution >= 4 is 12.0 Å². The van der Waals surface area contributed by atoms with Gasteiger partial charge in [-0.2, -0.15) is 0 Å². The van der Waals surface area contributed by atoms with Gasteiger partial charge < -0.3 is 20.3 Å². The number of nitrogens with one attached hydrogen (secondary N) is 2. The number of ether oxygens (including phenoxy) is 1. The van der Waals surface area contributed by atoms with Crippen molar-refractivity contribution in [1.29, 1.82) is 0 Å². The Morgan fingerprint density at radius 3 is 2.14 bits per heavy atom. The maximum Gasteiger partial charge on any atom is 0.408 e. The fraction of sp³-hybridized carbons (Fsp3) is 0.875. The highest BCUT2D eigenvalue weighted by atomic mass is 16.6. The van der Waals surface area contributed by atoms with Gasteiger partial charge in [0.05, 0.1) is 5.54 Å². The molecule has 128 valence electrons. The van der Waals surface area contributed by atoms with Gasteiger partial charge in [0, 0.05) is 32.6 Å². The molecule has 0 spiro atoms. The van der Waals surface area contributed by atoms with E-state index in [1.807, 2.05) is 39.5 Å². The van der Waals surface area contributed by atoms with Gasteiger partial charge in [0.25, 0.3) is 0 Å². The Bertz CT molecular complexity index is 394. The normalized spacial score (nSPS) is 17.3. The van der Waals surface area contributed by atoms with E-state index in [4.69, 9.17) is 4.74 Å². The van der Waals surface area contributed by atoms with Crippen LogP contribution in [-0.2, 0) is 9.53 Å². The van der Waals surface area contributed by atoms with Crippen molar-refractivity contribution in [2.45, 2.75) is 71.6 Å². The Kier molecular flexibility index (Phi) is 6.23. The molecule has 1 aliphatic heterocycles. The van der Waals surface area contributed by atoms with Gasteiger partial charge in [-0.25, -0.2) is 4.79 Å². The van der Waals surface area contributed by atoms with E-state index in [1.165, 1.54) is 0 Å². The molecule has 0 saturated carbocycles. The Labute approximate surface area is 134 Å². The number of hydrogen-bond donors (Lipinski definition) is 2. The molecule has 0 unspecified atom stereocenters. The van der Waals surface area contributed by atoms with Crippen molar-refractivity contribution in [3.63, 3.8) is 0 Å². The third-order valence-electron chi connectivity index (χ3n) is 3.61. The summed E-state index contributed by atoms with van der Waals surface area (Å²) in [5, 5.41) is 6.37. The maximum atomic E-state index is 11.8. The van der Waals surface area contributed by atoms with Gasteiger partial charge in [0.1, 0.15) is 5.60 Å². The molecule has 0 atom stereocenters. The van der Waals surface area contributed by atoms with Gasteiger partial charge in [-0.1, -0.05) is 0 Å². The van der Waals surface area contributed by atoms with Crippen LogP contribution in [0.25, 0.3) is 0 Å². The fourth-order valence-corrected chi connectivity index (χ4v) is 2.42. The maximum absolute atomic E-state index is 11.8. The van der Waals surface area contributed by atoms with Crippen molar-refractivity contribution in [3.05, 3.63) is 0 Å². The quantitative estimate of drug-likeness (QED) is 0.831. The summed E-state index contributed by atoms with van der Waals surface area (Å²) in [5.74, 6) is 0.144. The number of hydrogen-bond acceptors (Lipinski definition) is 4. The molecule has 1 fully saturated rings. The van der Waals surface area contributed by atoms with E-state index in [0.29, 0.717) is 12.6 Å². The second-order valence-electron chi connectivity index (χ2n) is 7.67. The standard InChI is InChI=1S/C16H31N3O3/c1-12(20)19-9-7-13(8-10-19)17-11-16(5,6)18-14(21)22-15(2,3)4/h13,17H,7-11H2,1-6H3,(H,18,21). The number of piperidine rings is 1. The largest absolute Gasteiger partial charge is 0.444 e. The van der Waals surface area contributed by atoms with Crippen LogP contribution in [0.2, 0.25) is 0 Å². The van der Waals surface area contributed by atoms with Gasteiger partial charge in [-0.05, 0) is 47.5 Å². The lowest BCUT2D eigenvalue weighted by molar-refractivity contribution is -0.129. The van der Waals surface area contributed by atoms with Gasteiger partial charge >= 0.3 is 6.09 Å². The summed E-state index contributed by atoms with van der Waals surface area (Å²) in [6, 6.07) is 0.385. The van der Waals surface area contributed by atoms with Crippen LogP contribution in [0.5, 0.6) is 0 Å². The molecule has 0 aromatic rings. The number of rotatable bonds is 4. The molecule has 1 saturated heterocycles. The molecular weight excluding hydrogens is 282 g/mol. The summed E-state index contributed by atoms with van der Waals surface area (Å²) in [6.45, 7) is 13.4. The summed E-state index contributed by atoms with van der Waals surface area (Å²) in [4.78, 5) is 25.0. The van der Waals surface area contributed by atoms with Crippen molar-refractivity contribution in [1.82, 2.24) is 15.5 Å². The van der Waals surface area contributed by atoms with Crippen LogP contribution in [0, 0.1) is 0 Å². The number of nitrogens with zero attached hydrogens (tertiary/aromatic N) is 1. The van der Waals surface area contributed by atoms with Gasteiger partial charge in [-0.3, -0.25) is 4.79 Å². The van der Waals surface area contributed by atoms with Crippen LogP contribution >= 0.6 is 0 Å². The summed E-state index contributed by atoms with van der Waals surface area (Å²) < 4.78 is 5.28. The molecule has 1 heterocycles. The number of carbonyl (C=O) groups is 2. The second-order valence-corrected chi connectivity index (χ2v) is 7.67. The Morgan fingerprint density at radius 1 is 1.14 bits per heavy atom. The van der Waals surface area contributed by atoms with Crippen molar-refractivity contribution < 1.29 is 14.3 Å². The van der Waals surface area contributed by atoms with Crippen LogP contribution in [0.15, 0.2) is 0 Å². The molecule has 0 aromatic carbocycles. The zero-order valence-electron chi connectivity index (χ0n) is 14.8. The fourth-order valence-electron chi connectivity index (χ4n) is 2.42. The van der Waals surface area contributed by atoms with Gasteiger partial charge in [0.2, 0.25) is 5.91 Å². The molecule has 6 nitrogen and oxygen atoms in total. The molecule has 2 N–H and O–H groups in total. The zero-order valence-corrected chi connectivity index (χ0v) is 14.8. The highest BCUT2D eigenvalue weighted by Gasteiger charge is 2.26. The first-order valence-electron chi connectivity index (χ1n) is 7.98. The molecule has 6 heteroatoms. The Morgan fingerprint density at radius 2 is 1.68 bits per heavy atom. The number of amides is 2. The van der Waals surface area contributed by atoms with E-state index in [1.54, 1.807) is 6.92 Å². The molecule has 1 rings (SSSR count). The first kappa shape index (κ1) is 18.7. The molecule has 1 aliphatic rings. The number of alkyl carbamates (subject to hydrolysis) is 1. The molecule has 2 amide bonds. The van der Waals surface area contributed by atoms with Crippen molar-refractivity contribution in [2.24, 2.45) is 0 Å².